The van der Waals surface area contributed by atoms with Crippen LogP contribution in [0.2, 0.25) is 0 Å². The van der Waals surface area contributed by atoms with Crippen LogP contribution in [-0.2, 0) is 23.2 Å². The zero-order valence-corrected chi connectivity index (χ0v) is 19.5. The SMILES string of the molecule is CSc1cccc(-c2ccc(COc3cccc(CCC(=O)O)c3)cc2C(C)(C)C)c1. The van der Waals surface area contributed by atoms with Crippen molar-refractivity contribution in [3.05, 3.63) is 83.4 Å². The number of carboxylic acids is 1. The van der Waals surface area contributed by atoms with Gasteiger partial charge in [-0.05, 0) is 70.2 Å². The number of thioether (sulfide) groups is 1. The summed E-state index contributed by atoms with van der Waals surface area (Å²) in [5, 5.41) is 8.89. The second-order valence-electron chi connectivity index (χ2n) is 8.69. The molecule has 0 saturated carbocycles. The molecule has 162 valence electrons. The number of rotatable bonds is 8. The van der Waals surface area contributed by atoms with Gasteiger partial charge in [-0.2, -0.15) is 0 Å². The maximum absolute atomic E-state index is 10.8. The summed E-state index contributed by atoms with van der Waals surface area (Å²) in [5.74, 6) is -0.0267. The summed E-state index contributed by atoms with van der Waals surface area (Å²) in [6, 6.07) is 22.9. The first-order chi connectivity index (χ1) is 14.8. The van der Waals surface area contributed by atoms with Crippen molar-refractivity contribution in [2.45, 2.75) is 50.5 Å². The van der Waals surface area contributed by atoms with Crippen LogP contribution < -0.4 is 4.74 Å². The summed E-state index contributed by atoms with van der Waals surface area (Å²) in [6.45, 7) is 7.18. The van der Waals surface area contributed by atoms with E-state index < -0.39 is 5.97 Å². The molecule has 0 aliphatic carbocycles. The zero-order valence-electron chi connectivity index (χ0n) is 18.6. The molecule has 4 heteroatoms. The largest absolute Gasteiger partial charge is 0.489 e. The second-order valence-corrected chi connectivity index (χ2v) is 9.57. The molecule has 0 amide bonds. The number of carboxylic acid groups (broad SMARTS) is 1. The minimum absolute atomic E-state index is 0.00253. The number of benzene rings is 3. The van der Waals surface area contributed by atoms with Gasteiger partial charge < -0.3 is 9.84 Å². The van der Waals surface area contributed by atoms with Crippen molar-refractivity contribution in [1.82, 2.24) is 0 Å². The minimum Gasteiger partial charge on any atom is -0.489 e. The van der Waals surface area contributed by atoms with Crippen LogP contribution in [0.4, 0.5) is 0 Å². The van der Waals surface area contributed by atoms with Crippen LogP contribution in [-0.4, -0.2) is 17.3 Å². The molecule has 0 radical (unpaired) electrons. The van der Waals surface area contributed by atoms with Gasteiger partial charge in [-0.3, -0.25) is 4.79 Å². The van der Waals surface area contributed by atoms with Gasteiger partial charge in [-0.15, -0.1) is 11.8 Å². The molecule has 3 rings (SSSR count). The Kier molecular flexibility index (Phi) is 7.45. The molecule has 0 saturated heterocycles. The molecule has 0 spiro atoms. The quantitative estimate of drug-likeness (QED) is 0.389. The summed E-state index contributed by atoms with van der Waals surface area (Å²) in [4.78, 5) is 12.1. The van der Waals surface area contributed by atoms with Crippen molar-refractivity contribution in [3.63, 3.8) is 0 Å². The highest BCUT2D eigenvalue weighted by atomic mass is 32.2. The topological polar surface area (TPSA) is 46.5 Å². The molecule has 0 atom stereocenters. The normalized spacial score (nSPS) is 11.4. The van der Waals surface area contributed by atoms with Gasteiger partial charge in [0.1, 0.15) is 12.4 Å². The van der Waals surface area contributed by atoms with Gasteiger partial charge in [-0.25, -0.2) is 0 Å². The average molecular weight is 435 g/mol. The van der Waals surface area contributed by atoms with E-state index in [1.54, 1.807) is 11.8 Å². The van der Waals surface area contributed by atoms with Crippen molar-refractivity contribution in [3.8, 4) is 16.9 Å². The van der Waals surface area contributed by atoms with Crippen LogP contribution in [0.5, 0.6) is 5.75 Å². The maximum Gasteiger partial charge on any atom is 0.303 e. The Labute approximate surface area is 189 Å². The van der Waals surface area contributed by atoms with E-state index in [-0.39, 0.29) is 11.8 Å². The maximum atomic E-state index is 10.8. The predicted octanol–water partition coefficient (Wildman–Crippen LogP) is 6.97. The molecule has 0 aromatic heterocycles. The van der Waals surface area contributed by atoms with E-state index in [0.717, 1.165) is 16.9 Å². The van der Waals surface area contributed by atoms with Gasteiger partial charge in [0.25, 0.3) is 0 Å². The molecule has 31 heavy (non-hydrogen) atoms. The van der Waals surface area contributed by atoms with Crippen LogP contribution in [0, 0.1) is 0 Å². The van der Waals surface area contributed by atoms with Crippen LogP contribution >= 0.6 is 11.8 Å². The standard InChI is InChI=1S/C27H30O3S/c1-27(2,3)25-16-20(11-13-24(25)21-8-6-10-23(17-21)31-4)18-30-22-9-5-7-19(15-22)12-14-26(28)29/h5-11,13,15-17H,12,14,18H2,1-4H3,(H,28,29). The Morgan fingerprint density at radius 3 is 2.45 bits per heavy atom. The first-order valence-corrected chi connectivity index (χ1v) is 11.7. The van der Waals surface area contributed by atoms with Crippen molar-refractivity contribution >= 4 is 17.7 Å². The van der Waals surface area contributed by atoms with Gasteiger partial charge >= 0.3 is 5.97 Å². The highest BCUT2D eigenvalue weighted by Gasteiger charge is 2.19. The van der Waals surface area contributed by atoms with Crippen LogP contribution in [0.3, 0.4) is 0 Å². The number of ether oxygens (including phenoxy) is 1. The minimum atomic E-state index is -0.788. The van der Waals surface area contributed by atoms with E-state index in [4.69, 9.17) is 9.84 Å². The Balaban J connectivity index is 1.82. The molecule has 3 nitrogen and oxygen atoms in total. The highest BCUT2D eigenvalue weighted by Crippen LogP contribution is 2.35. The number of hydrogen-bond donors (Lipinski definition) is 1. The summed E-state index contributed by atoms with van der Waals surface area (Å²) in [5.41, 5.74) is 5.86. The van der Waals surface area contributed by atoms with E-state index in [1.165, 1.54) is 21.6 Å². The molecule has 0 heterocycles. The molecule has 3 aromatic rings. The van der Waals surface area contributed by atoms with E-state index >= 15 is 0 Å². The summed E-state index contributed by atoms with van der Waals surface area (Å²) >= 11 is 1.75. The molecule has 0 bridgehead atoms. The lowest BCUT2D eigenvalue weighted by Crippen LogP contribution is -2.13. The van der Waals surface area contributed by atoms with Crippen molar-refractivity contribution in [2.24, 2.45) is 0 Å². The molecule has 0 aliphatic rings. The predicted molar refractivity (Wildman–Crippen MR) is 129 cm³/mol. The van der Waals surface area contributed by atoms with Crippen molar-refractivity contribution in [1.29, 1.82) is 0 Å². The van der Waals surface area contributed by atoms with Crippen molar-refractivity contribution in [2.75, 3.05) is 6.26 Å². The van der Waals surface area contributed by atoms with E-state index in [2.05, 4.69) is 69.5 Å². The lowest BCUT2D eigenvalue weighted by molar-refractivity contribution is -0.136. The third-order valence-corrected chi connectivity index (χ3v) is 5.93. The number of hydrogen-bond acceptors (Lipinski definition) is 3. The Bertz CT molecular complexity index is 1050. The first-order valence-electron chi connectivity index (χ1n) is 10.5. The van der Waals surface area contributed by atoms with Gasteiger partial charge in [0, 0.05) is 11.3 Å². The van der Waals surface area contributed by atoms with E-state index in [9.17, 15) is 4.79 Å². The molecule has 0 unspecified atom stereocenters. The zero-order chi connectivity index (χ0) is 22.4. The van der Waals surface area contributed by atoms with Gasteiger partial charge in [0.05, 0.1) is 0 Å². The fourth-order valence-electron chi connectivity index (χ4n) is 3.55. The summed E-state index contributed by atoms with van der Waals surface area (Å²) in [6.07, 6.45) is 2.73. The third kappa shape index (κ3) is 6.38. The number of aliphatic carboxylic acids is 1. The van der Waals surface area contributed by atoms with Crippen LogP contribution in [0.25, 0.3) is 11.1 Å². The third-order valence-electron chi connectivity index (χ3n) is 5.20. The van der Waals surface area contributed by atoms with Gasteiger partial charge in [-0.1, -0.05) is 63.2 Å². The Morgan fingerprint density at radius 1 is 0.968 bits per heavy atom. The monoisotopic (exact) mass is 434 g/mol. The Morgan fingerprint density at radius 2 is 1.74 bits per heavy atom. The molecule has 1 N–H and O–H groups in total. The highest BCUT2D eigenvalue weighted by molar-refractivity contribution is 7.98. The fraction of sp³-hybridized carbons (Fsp3) is 0.296. The van der Waals surface area contributed by atoms with Crippen LogP contribution in [0.1, 0.15) is 43.9 Å². The molecule has 0 fully saturated rings. The number of carbonyl (C=O) groups is 1. The summed E-state index contributed by atoms with van der Waals surface area (Å²) < 4.78 is 6.04. The van der Waals surface area contributed by atoms with E-state index in [1.807, 2.05) is 24.3 Å². The molecule has 3 aromatic carbocycles. The Hall–Kier alpha value is -2.72. The summed E-state index contributed by atoms with van der Waals surface area (Å²) in [7, 11) is 0. The average Bonchev–Trinajstić information content (AvgIpc) is 2.76. The lowest BCUT2D eigenvalue weighted by Gasteiger charge is -2.24. The smallest absolute Gasteiger partial charge is 0.303 e. The fourth-order valence-corrected chi connectivity index (χ4v) is 4.01. The molecular formula is C27H30O3S. The van der Waals surface area contributed by atoms with E-state index in [0.29, 0.717) is 13.0 Å². The van der Waals surface area contributed by atoms with Gasteiger partial charge in [0.2, 0.25) is 0 Å². The van der Waals surface area contributed by atoms with Crippen LogP contribution in [0.15, 0.2) is 71.6 Å². The second kappa shape index (κ2) is 10.1. The number of aryl methyl sites for hydroxylation is 1. The first kappa shape index (κ1) is 23.0. The lowest BCUT2D eigenvalue weighted by atomic mass is 9.81. The molecular weight excluding hydrogens is 404 g/mol. The van der Waals surface area contributed by atoms with Gasteiger partial charge in [0.15, 0.2) is 0 Å². The molecule has 0 aliphatic heterocycles. The van der Waals surface area contributed by atoms with Crippen molar-refractivity contribution < 1.29 is 14.6 Å².